The van der Waals surface area contributed by atoms with Crippen LogP contribution in [0.3, 0.4) is 0 Å². The van der Waals surface area contributed by atoms with Gasteiger partial charge in [-0.1, -0.05) is 5.16 Å². The Morgan fingerprint density at radius 2 is 2.05 bits per heavy atom. The van der Waals surface area contributed by atoms with Crippen LogP contribution in [-0.4, -0.2) is 16.0 Å². The van der Waals surface area contributed by atoms with E-state index in [9.17, 15) is 13.6 Å². The molecule has 0 aliphatic heterocycles. The molecule has 0 fully saturated rings. The molecule has 0 bridgehead atoms. The third-order valence-corrected chi connectivity index (χ3v) is 2.32. The average molecular weight is 268 g/mol. The Morgan fingerprint density at radius 3 is 2.58 bits per heavy atom. The summed E-state index contributed by atoms with van der Waals surface area (Å²) >= 11 is 0. The van der Waals surface area contributed by atoms with Crippen molar-refractivity contribution in [2.45, 2.75) is 13.5 Å². The highest BCUT2D eigenvalue weighted by atomic mass is 19.1. The molecule has 1 aromatic heterocycles. The zero-order valence-electron chi connectivity index (χ0n) is 9.91. The molecule has 1 amide bonds. The number of aryl methyl sites for hydroxylation is 1. The van der Waals surface area contributed by atoms with Crippen molar-refractivity contribution in [2.75, 3.05) is 5.73 Å². The standard InChI is InChI=1S/C11H10F2N4O2/c1-5-16-9(17-19-5)4-15-11(18)6-2-7(12)10(14)8(13)3-6/h2-3H,4,14H2,1H3,(H,15,18). The van der Waals surface area contributed by atoms with Crippen molar-refractivity contribution in [3.8, 4) is 0 Å². The minimum absolute atomic E-state index is 0.0101. The molecule has 0 aliphatic carbocycles. The number of aromatic nitrogens is 2. The predicted molar refractivity (Wildman–Crippen MR) is 61.0 cm³/mol. The maximum absolute atomic E-state index is 13.2. The van der Waals surface area contributed by atoms with E-state index in [-0.39, 0.29) is 17.9 Å². The van der Waals surface area contributed by atoms with Gasteiger partial charge < -0.3 is 15.6 Å². The summed E-state index contributed by atoms with van der Waals surface area (Å²) in [6, 6.07) is 1.71. The van der Waals surface area contributed by atoms with Gasteiger partial charge in [0, 0.05) is 12.5 Å². The van der Waals surface area contributed by atoms with Gasteiger partial charge in [0.05, 0.1) is 6.54 Å². The van der Waals surface area contributed by atoms with Crippen LogP contribution in [0.5, 0.6) is 0 Å². The van der Waals surface area contributed by atoms with Gasteiger partial charge in [0.25, 0.3) is 5.91 Å². The van der Waals surface area contributed by atoms with Crippen molar-refractivity contribution in [3.63, 3.8) is 0 Å². The Morgan fingerprint density at radius 1 is 1.42 bits per heavy atom. The van der Waals surface area contributed by atoms with E-state index in [1.54, 1.807) is 6.92 Å². The van der Waals surface area contributed by atoms with Crippen LogP contribution in [0.2, 0.25) is 0 Å². The zero-order valence-corrected chi connectivity index (χ0v) is 9.91. The fourth-order valence-electron chi connectivity index (χ4n) is 1.39. The lowest BCUT2D eigenvalue weighted by Gasteiger charge is -2.05. The van der Waals surface area contributed by atoms with Crippen LogP contribution >= 0.6 is 0 Å². The van der Waals surface area contributed by atoms with Crippen LogP contribution in [0.15, 0.2) is 16.7 Å². The monoisotopic (exact) mass is 268 g/mol. The van der Waals surface area contributed by atoms with Gasteiger partial charge in [-0.3, -0.25) is 4.79 Å². The topological polar surface area (TPSA) is 94.0 Å². The zero-order chi connectivity index (χ0) is 14.0. The number of anilines is 1. The number of nitrogens with one attached hydrogen (secondary N) is 1. The smallest absolute Gasteiger partial charge is 0.251 e. The van der Waals surface area contributed by atoms with E-state index in [0.29, 0.717) is 5.89 Å². The second-order valence-electron chi connectivity index (χ2n) is 3.77. The van der Waals surface area contributed by atoms with Gasteiger partial charge in [0.1, 0.15) is 17.3 Å². The van der Waals surface area contributed by atoms with Crippen LogP contribution in [0, 0.1) is 18.6 Å². The lowest BCUT2D eigenvalue weighted by atomic mass is 10.1. The molecule has 2 rings (SSSR count). The Kier molecular flexibility index (Phi) is 3.41. The first kappa shape index (κ1) is 12.9. The summed E-state index contributed by atoms with van der Waals surface area (Å²) < 4.78 is 31.1. The van der Waals surface area contributed by atoms with Gasteiger partial charge >= 0.3 is 0 Å². The average Bonchev–Trinajstić information content (AvgIpc) is 2.78. The van der Waals surface area contributed by atoms with Gasteiger partial charge in [-0.15, -0.1) is 0 Å². The molecule has 6 nitrogen and oxygen atoms in total. The van der Waals surface area contributed by atoms with Crippen LogP contribution in [0.25, 0.3) is 0 Å². The second-order valence-corrected chi connectivity index (χ2v) is 3.77. The van der Waals surface area contributed by atoms with Crippen molar-refractivity contribution in [3.05, 3.63) is 41.0 Å². The van der Waals surface area contributed by atoms with Crippen LogP contribution in [-0.2, 0) is 6.54 Å². The predicted octanol–water partition coefficient (Wildman–Crippen LogP) is 1.17. The Balaban J connectivity index is 2.08. The van der Waals surface area contributed by atoms with Crippen LogP contribution < -0.4 is 11.1 Å². The van der Waals surface area contributed by atoms with Gasteiger partial charge in [0.2, 0.25) is 5.89 Å². The van der Waals surface area contributed by atoms with Crippen molar-refractivity contribution in [2.24, 2.45) is 0 Å². The highest BCUT2D eigenvalue weighted by Crippen LogP contribution is 2.17. The number of rotatable bonds is 3. The summed E-state index contributed by atoms with van der Waals surface area (Å²) in [5.41, 5.74) is 4.31. The minimum Gasteiger partial charge on any atom is -0.394 e. The Hall–Kier alpha value is -2.51. The molecule has 0 aliphatic rings. The number of halogens is 2. The highest BCUT2D eigenvalue weighted by Gasteiger charge is 2.13. The largest absolute Gasteiger partial charge is 0.394 e. The molecular formula is C11H10F2N4O2. The molecule has 100 valence electrons. The highest BCUT2D eigenvalue weighted by molar-refractivity contribution is 5.94. The molecule has 0 radical (unpaired) electrons. The van der Waals surface area contributed by atoms with E-state index in [1.165, 1.54) is 0 Å². The molecule has 1 heterocycles. The lowest BCUT2D eigenvalue weighted by molar-refractivity contribution is 0.0948. The second kappa shape index (κ2) is 5.01. The first-order valence-corrected chi connectivity index (χ1v) is 5.29. The van der Waals surface area contributed by atoms with Gasteiger partial charge in [-0.05, 0) is 12.1 Å². The van der Waals surface area contributed by atoms with E-state index in [1.807, 2.05) is 0 Å². The fraction of sp³-hybridized carbons (Fsp3) is 0.182. The van der Waals surface area contributed by atoms with E-state index >= 15 is 0 Å². The normalized spacial score (nSPS) is 10.5. The maximum atomic E-state index is 13.2. The van der Waals surface area contributed by atoms with E-state index < -0.39 is 23.2 Å². The third-order valence-electron chi connectivity index (χ3n) is 2.32. The molecule has 0 spiro atoms. The SMILES string of the molecule is Cc1nc(CNC(=O)c2cc(F)c(N)c(F)c2)no1. The first-order chi connectivity index (χ1) is 8.97. The number of nitrogens with zero attached hydrogens (tertiary/aromatic N) is 2. The molecule has 2 aromatic rings. The molecule has 0 atom stereocenters. The van der Waals surface area contributed by atoms with Gasteiger partial charge in [-0.2, -0.15) is 4.98 Å². The lowest BCUT2D eigenvalue weighted by Crippen LogP contribution is -2.23. The summed E-state index contributed by atoms with van der Waals surface area (Å²) in [6.07, 6.45) is 0. The molecule has 0 saturated carbocycles. The number of hydrogen-bond donors (Lipinski definition) is 2. The van der Waals surface area contributed by atoms with Crippen LogP contribution in [0.4, 0.5) is 14.5 Å². The molecule has 0 saturated heterocycles. The molecule has 0 unspecified atom stereocenters. The summed E-state index contributed by atoms with van der Waals surface area (Å²) in [4.78, 5) is 15.5. The Labute approximate surface area is 106 Å². The number of benzene rings is 1. The summed E-state index contributed by atoms with van der Waals surface area (Å²) in [5, 5.41) is 5.97. The molecular weight excluding hydrogens is 258 g/mol. The number of carbonyl (C=O) groups is 1. The van der Waals surface area contributed by atoms with Crippen molar-refractivity contribution >= 4 is 11.6 Å². The number of carbonyl (C=O) groups excluding carboxylic acids is 1. The first-order valence-electron chi connectivity index (χ1n) is 5.29. The molecule has 8 heteroatoms. The van der Waals surface area contributed by atoms with Gasteiger partial charge in [-0.25, -0.2) is 8.78 Å². The summed E-state index contributed by atoms with van der Waals surface area (Å²) in [5.74, 6) is -2.02. The van der Waals surface area contributed by atoms with Crippen LogP contribution in [0.1, 0.15) is 22.1 Å². The Bertz CT molecular complexity index is 604. The van der Waals surface area contributed by atoms with E-state index in [4.69, 9.17) is 10.3 Å². The quantitative estimate of drug-likeness (QED) is 0.815. The van der Waals surface area contributed by atoms with Crippen molar-refractivity contribution in [1.82, 2.24) is 15.5 Å². The minimum atomic E-state index is -0.986. The van der Waals surface area contributed by atoms with Crippen molar-refractivity contribution < 1.29 is 18.1 Å². The number of nitrogen functional groups attached to an aromatic ring is 1. The molecule has 19 heavy (non-hydrogen) atoms. The van der Waals surface area contributed by atoms with Gasteiger partial charge in [0.15, 0.2) is 5.82 Å². The third kappa shape index (κ3) is 2.84. The van der Waals surface area contributed by atoms with E-state index in [0.717, 1.165) is 12.1 Å². The van der Waals surface area contributed by atoms with Crippen molar-refractivity contribution in [1.29, 1.82) is 0 Å². The molecule has 1 aromatic carbocycles. The van der Waals surface area contributed by atoms with E-state index in [2.05, 4.69) is 15.5 Å². The molecule has 3 N–H and O–H groups in total. The fourth-order valence-corrected chi connectivity index (χ4v) is 1.39. The summed E-state index contributed by atoms with van der Waals surface area (Å²) in [7, 11) is 0. The number of hydrogen-bond acceptors (Lipinski definition) is 5. The number of nitrogens with two attached hydrogens (primary N) is 1. The maximum Gasteiger partial charge on any atom is 0.251 e. The number of amides is 1. The summed E-state index contributed by atoms with van der Waals surface area (Å²) in [6.45, 7) is 1.59.